The van der Waals surface area contributed by atoms with Crippen LogP contribution in [0.2, 0.25) is 0 Å². The summed E-state index contributed by atoms with van der Waals surface area (Å²) in [6.07, 6.45) is 5.38. The molecule has 6 nitrogen and oxygen atoms in total. The summed E-state index contributed by atoms with van der Waals surface area (Å²) in [4.78, 5) is 21.1. The Bertz CT molecular complexity index is 1050. The SMILES string of the molecule is Cc1nc2ccccc2n1CC(=O)NCc1ccccc1-n1ccnc1. The van der Waals surface area contributed by atoms with Crippen molar-refractivity contribution in [2.45, 2.75) is 20.0 Å². The van der Waals surface area contributed by atoms with Gasteiger partial charge in [0.15, 0.2) is 0 Å². The summed E-state index contributed by atoms with van der Waals surface area (Å²) in [6.45, 7) is 2.63. The van der Waals surface area contributed by atoms with E-state index < -0.39 is 0 Å². The van der Waals surface area contributed by atoms with Gasteiger partial charge >= 0.3 is 0 Å². The minimum Gasteiger partial charge on any atom is -0.350 e. The number of nitrogens with zero attached hydrogens (tertiary/aromatic N) is 4. The van der Waals surface area contributed by atoms with Gasteiger partial charge in [-0.3, -0.25) is 4.79 Å². The van der Waals surface area contributed by atoms with Crippen molar-refractivity contribution in [1.82, 2.24) is 24.4 Å². The summed E-state index contributed by atoms with van der Waals surface area (Å²) in [5, 5.41) is 3.01. The maximum atomic E-state index is 12.5. The maximum Gasteiger partial charge on any atom is 0.240 e. The Hall–Kier alpha value is -3.41. The Balaban J connectivity index is 1.49. The number of hydrogen-bond donors (Lipinski definition) is 1. The first kappa shape index (κ1) is 16.1. The first-order chi connectivity index (χ1) is 12.7. The molecular weight excluding hydrogens is 326 g/mol. The molecule has 26 heavy (non-hydrogen) atoms. The van der Waals surface area contributed by atoms with E-state index in [1.807, 2.05) is 70.8 Å². The lowest BCUT2D eigenvalue weighted by atomic mass is 10.1. The molecule has 0 unspecified atom stereocenters. The molecule has 2 aromatic heterocycles. The lowest BCUT2D eigenvalue weighted by Gasteiger charge is -2.12. The third-order valence-electron chi connectivity index (χ3n) is 4.40. The summed E-state index contributed by atoms with van der Waals surface area (Å²) in [5.74, 6) is 0.789. The zero-order chi connectivity index (χ0) is 17.9. The Morgan fingerprint density at radius 1 is 1.12 bits per heavy atom. The smallest absolute Gasteiger partial charge is 0.240 e. The first-order valence-corrected chi connectivity index (χ1v) is 8.47. The largest absolute Gasteiger partial charge is 0.350 e. The van der Waals surface area contributed by atoms with Gasteiger partial charge in [0.05, 0.1) is 23.0 Å². The van der Waals surface area contributed by atoms with Crippen molar-refractivity contribution >= 4 is 16.9 Å². The zero-order valence-electron chi connectivity index (χ0n) is 14.5. The topological polar surface area (TPSA) is 64.7 Å². The number of hydrogen-bond acceptors (Lipinski definition) is 3. The minimum absolute atomic E-state index is 0.0447. The van der Waals surface area contributed by atoms with Crippen LogP contribution in [0.4, 0.5) is 0 Å². The van der Waals surface area contributed by atoms with E-state index in [9.17, 15) is 4.79 Å². The molecule has 1 amide bonds. The number of carbonyl (C=O) groups excluding carboxylic acids is 1. The highest BCUT2D eigenvalue weighted by Gasteiger charge is 2.11. The molecule has 0 aliphatic heterocycles. The number of fused-ring (bicyclic) bond motifs is 1. The second kappa shape index (κ2) is 6.84. The standard InChI is InChI=1S/C20H19N5O/c1-15-23-17-7-3-5-9-19(17)25(15)13-20(26)22-12-16-6-2-4-8-18(16)24-11-10-21-14-24/h2-11,14H,12-13H2,1H3,(H,22,26). The quantitative estimate of drug-likeness (QED) is 0.605. The van der Waals surface area contributed by atoms with Crippen molar-refractivity contribution in [3.05, 3.63) is 78.6 Å². The zero-order valence-corrected chi connectivity index (χ0v) is 14.5. The van der Waals surface area contributed by atoms with Crippen LogP contribution in [0.15, 0.2) is 67.3 Å². The van der Waals surface area contributed by atoms with Crippen molar-refractivity contribution < 1.29 is 4.79 Å². The third kappa shape index (κ3) is 3.09. The van der Waals surface area contributed by atoms with Gasteiger partial charge in [0, 0.05) is 18.9 Å². The normalized spacial score (nSPS) is 11.0. The number of imidazole rings is 2. The van der Waals surface area contributed by atoms with Gasteiger partial charge in [-0.15, -0.1) is 0 Å². The van der Waals surface area contributed by atoms with Crippen molar-refractivity contribution in [3.8, 4) is 5.69 Å². The predicted molar refractivity (Wildman–Crippen MR) is 99.9 cm³/mol. The average molecular weight is 345 g/mol. The molecule has 0 radical (unpaired) electrons. The summed E-state index contributed by atoms with van der Waals surface area (Å²) < 4.78 is 3.88. The number of aromatic nitrogens is 4. The fraction of sp³-hybridized carbons (Fsp3) is 0.150. The number of carbonyl (C=O) groups is 1. The van der Waals surface area contributed by atoms with Gasteiger partial charge in [-0.2, -0.15) is 0 Å². The summed E-state index contributed by atoms with van der Waals surface area (Å²) in [5.41, 5.74) is 3.92. The average Bonchev–Trinajstić information content (AvgIpc) is 3.29. The molecule has 4 aromatic rings. The molecule has 6 heteroatoms. The van der Waals surface area contributed by atoms with Gasteiger partial charge in [-0.25, -0.2) is 9.97 Å². The van der Waals surface area contributed by atoms with Gasteiger partial charge in [-0.05, 0) is 30.7 Å². The Morgan fingerprint density at radius 3 is 2.77 bits per heavy atom. The van der Waals surface area contributed by atoms with Crippen LogP contribution in [-0.4, -0.2) is 25.0 Å². The molecule has 0 saturated heterocycles. The fourth-order valence-corrected chi connectivity index (χ4v) is 3.10. The van der Waals surface area contributed by atoms with Crippen molar-refractivity contribution in [2.24, 2.45) is 0 Å². The van der Waals surface area contributed by atoms with Crippen molar-refractivity contribution in [1.29, 1.82) is 0 Å². The highest BCUT2D eigenvalue weighted by Crippen LogP contribution is 2.16. The minimum atomic E-state index is -0.0447. The first-order valence-electron chi connectivity index (χ1n) is 8.47. The number of amides is 1. The van der Waals surface area contributed by atoms with E-state index in [2.05, 4.69) is 15.3 Å². The molecule has 2 aromatic carbocycles. The third-order valence-corrected chi connectivity index (χ3v) is 4.40. The predicted octanol–water partition coefficient (Wildman–Crippen LogP) is 2.85. The molecule has 0 bridgehead atoms. The van der Waals surface area contributed by atoms with Crippen LogP contribution < -0.4 is 5.32 Å². The molecule has 2 heterocycles. The van der Waals surface area contributed by atoms with E-state index >= 15 is 0 Å². The summed E-state index contributed by atoms with van der Waals surface area (Å²) >= 11 is 0. The molecular formula is C20H19N5O. The molecule has 0 aliphatic carbocycles. The second-order valence-corrected chi connectivity index (χ2v) is 6.11. The van der Waals surface area contributed by atoms with E-state index in [-0.39, 0.29) is 12.5 Å². The Morgan fingerprint density at radius 2 is 1.92 bits per heavy atom. The van der Waals surface area contributed by atoms with Crippen molar-refractivity contribution in [3.63, 3.8) is 0 Å². The van der Waals surface area contributed by atoms with E-state index in [0.717, 1.165) is 28.1 Å². The lowest BCUT2D eigenvalue weighted by Crippen LogP contribution is -2.27. The van der Waals surface area contributed by atoms with Crippen LogP contribution in [0.1, 0.15) is 11.4 Å². The van der Waals surface area contributed by atoms with Gasteiger partial charge in [-0.1, -0.05) is 30.3 Å². The van der Waals surface area contributed by atoms with Crippen LogP contribution in [0.25, 0.3) is 16.7 Å². The Kier molecular flexibility index (Phi) is 4.23. The Labute approximate surface area is 151 Å². The van der Waals surface area contributed by atoms with Crippen molar-refractivity contribution in [2.75, 3.05) is 0 Å². The molecule has 130 valence electrons. The van der Waals surface area contributed by atoms with Gasteiger partial charge in [0.1, 0.15) is 12.4 Å². The molecule has 0 atom stereocenters. The van der Waals surface area contributed by atoms with Gasteiger partial charge in [0.2, 0.25) is 5.91 Å². The fourth-order valence-electron chi connectivity index (χ4n) is 3.10. The van der Waals surface area contributed by atoms with Gasteiger partial charge < -0.3 is 14.5 Å². The molecule has 0 fully saturated rings. The number of para-hydroxylation sites is 3. The van der Waals surface area contributed by atoms with E-state index in [1.165, 1.54) is 0 Å². The molecule has 0 saturated carbocycles. The van der Waals surface area contributed by atoms with E-state index in [0.29, 0.717) is 6.54 Å². The highest BCUT2D eigenvalue weighted by atomic mass is 16.1. The summed E-state index contributed by atoms with van der Waals surface area (Å²) in [6, 6.07) is 15.8. The van der Waals surface area contributed by atoms with E-state index in [4.69, 9.17) is 0 Å². The van der Waals surface area contributed by atoms with Crippen LogP contribution in [-0.2, 0) is 17.9 Å². The molecule has 4 rings (SSSR count). The number of benzene rings is 2. The molecule has 0 spiro atoms. The van der Waals surface area contributed by atoms with Gasteiger partial charge in [0.25, 0.3) is 0 Å². The maximum absolute atomic E-state index is 12.5. The van der Waals surface area contributed by atoms with E-state index in [1.54, 1.807) is 12.5 Å². The summed E-state index contributed by atoms with van der Waals surface area (Å²) in [7, 11) is 0. The molecule has 1 N–H and O–H groups in total. The number of aryl methyl sites for hydroxylation is 1. The molecule has 0 aliphatic rings. The second-order valence-electron chi connectivity index (χ2n) is 6.11. The van der Waals surface area contributed by atoms with Crippen LogP contribution in [0, 0.1) is 6.92 Å². The number of nitrogens with one attached hydrogen (secondary N) is 1. The highest BCUT2D eigenvalue weighted by molar-refractivity contribution is 5.81. The van der Waals surface area contributed by atoms with Crippen LogP contribution in [0.3, 0.4) is 0 Å². The van der Waals surface area contributed by atoms with Crippen LogP contribution in [0.5, 0.6) is 0 Å². The monoisotopic (exact) mass is 345 g/mol. The lowest BCUT2D eigenvalue weighted by molar-refractivity contribution is -0.121. The number of rotatable bonds is 5. The van der Waals surface area contributed by atoms with Crippen LogP contribution >= 0.6 is 0 Å².